The second-order valence-corrected chi connectivity index (χ2v) is 9.52. The van der Waals surface area contributed by atoms with Gasteiger partial charge in [0.05, 0.1) is 22.6 Å². The lowest BCUT2D eigenvalue weighted by Crippen LogP contribution is -2.44. The van der Waals surface area contributed by atoms with Gasteiger partial charge in [-0.15, -0.1) is 0 Å². The number of aromatic nitrogens is 5. The number of amides is 1. The summed E-state index contributed by atoms with van der Waals surface area (Å²) >= 11 is 0. The number of rotatable bonds is 4. The van der Waals surface area contributed by atoms with Crippen molar-refractivity contribution in [3.8, 4) is 0 Å². The number of alkyl halides is 3. The molecular weight excluding hydrogens is 469 g/mol. The Hall–Kier alpha value is -3.82. The molecule has 1 N–H and O–H groups in total. The third kappa shape index (κ3) is 3.71. The van der Waals surface area contributed by atoms with Gasteiger partial charge in [-0.1, -0.05) is 19.1 Å². The Bertz CT molecular complexity index is 1580. The summed E-state index contributed by atoms with van der Waals surface area (Å²) in [6.45, 7) is 3.20. The number of hydrogen-bond acceptors (Lipinski definition) is 3. The number of H-pyrrole nitrogens is 1. The minimum atomic E-state index is -4.60. The molecule has 2 atom stereocenters. The molecule has 0 aliphatic carbocycles. The SMILES string of the molecule is C[C@@H]1CCN(C(=O)CCn2c(C(F)(F)F)nc3ccccc32)C[C@@H]1n1ccc2cnc3[nH]ccc3c21. The molecule has 0 spiro atoms. The van der Waals surface area contributed by atoms with Crippen LogP contribution in [0.3, 0.4) is 0 Å². The van der Waals surface area contributed by atoms with Crippen molar-refractivity contribution in [2.75, 3.05) is 13.1 Å². The Labute approximate surface area is 204 Å². The Morgan fingerprint density at radius 1 is 1.19 bits per heavy atom. The van der Waals surface area contributed by atoms with E-state index in [2.05, 4.69) is 26.4 Å². The number of fused-ring (bicyclic) bond motifs is 4. The first kappa shape index (κ1) is 22.6. The van der Waals surface area contributed by atoms with Gasteiger partial charge in [-0.05, 0) is 36.6 Å². The van der Waals surface area contributed by atoms with Crippen LogP contribution in [0, 0.1) is 5.92 Å². The maximum Gasteiger partial charge on any atom is 0.449 e. The second-order valence-electron chi connectivity index (χ2n) is 9.52. The minimum absolute atomic E-state index is 0.0249. The lowest BCUT2D eigenvalue weighted by molar-refractivity contribution is -0.147. The van der Waals surface area contributed by atoms with Gasteiger partial charge < -0.3 is 19.0 Å². The highest BCUT2D eigenvalue weighted by molar-refractivity contribution is 6.02. The number of pyridine rings is 1. The number of hydrogen-bond donors (Lipinski definition) is 1. The highest BCUT2D eigenvalue weighted by Crippen LogP contribution is 2.35. The maximum absolute atomic E-state index is 13.6. The first-order valence-corrected chi connectivity index (χ1v) is 12.0. The number of likely N-dealkylation sites (tertiary alicyclic amines) is 1. The van der Waals surface area contributed by atoms with E-state index < -0.39 is 12.0 Å². The topological polar surface area (TPSA) is 71.7 Å². The fourth-order valence-electron chi connectivity index (χ4n) is 5.45. The molecule has 4 aromatic heterocycles. The van der Waals surface area contributed by atoms with Crippen LogP contribution in [-0.4, -0.2) is 48.0 Å². The quantitative estimate of drug-likeness (QED) is 0.364. The molecule has 1 fully saturated rings. The standard InChI is InChI=1S/C26H25F3N6O/c1-16-7-11-33(15-21(16)34-12-8-17-14-31-24-18(23(17)34)6-10-30-24)22(36)9-13-35-20-5-3-2-4-19(20)32-25(35)26(27,28)29/h2-6,8,10,12,14,16,21H,7,9,11,13,15H2,1H3,(H,30,31)/t16-,21+/m1/s1. The van der Waals surface area contributed by atoms with Crippen molar-refractivity contribution in [3.05, 3.63) is 60.8 Å². The summed E-state index contributed by atoms with van der Waals surface area (Å²) < 4.78 is 44.3. The largest absolute Gasteiger partial charge is 0.449 e. The van der Waals surface area contributed by atoms with Gasteiger partial charge in [0.1, 0.15) is 5.65 Å². The van der Waals surface area contributed by atoms with E-state index >= 15 is 0 Å². The number of nitrogens with zero attached hydrogens (tertiary/aromatic N) is 5. The first-order valence-electron chi connectivity index (χ1n) is 12.0. The van der Waals surface area contributed by atoms with Crippen LogP contribution in [0.25, 0.3) is 33.0 Å². The average Bonchev–Trinajstić information content (AvgIpc) is 3.58. The number of aromatic amines is 1. The third-order valence-corrected chi connectivity index (χ3v) is 7.35. The van der Waals surface area contributed by atoms with Crippen molar-refractivity contribution in [1.29, 1.82) is 0 Å². The number of nitrogens with one attached hydrogen (secondary N) is 1. The summed E-state index contributed by atoms with van der Waals surface area (Å²) in [6, 6.07) is 10.6. The van der Waals surface area contributed by atoms with Gasteiger partial charge in [0.15, 0.2) is 0 Å². The maximum atomic E-state index is 13.6. The number of halogens is 3. The molecule has 10 heteroatoms. The molecule has 0 bridgehead atoms. The molecule has 6 rings (SSSR count). The van der Waals surface area contributed by atoms with Gasteiger partial charge in [-0.2, -0.15) is 13.2 Å². The fraction of sp³-hybridized carbons (Fsp3) is 0.346. The van der Waals surface area contributed by atoms with E-state index in [-0.39, 0.29) is 30.4 Å². The summed E-state index contributed by atoms with van der Waals surface area (Å²) in [5.74, 6) is -0.784. The Morgan fingerprint density at radius 3 is 2.86 bits per heavy atom. The van der Waals surface area contributed by atoms with Crippen molar-refractivity contribution in [2.45, 2.75) is 38.5 Å². The lowest BCUT2D eigenvalue weighted by Gasteiger charge is -2.38. The van der Waals surface area contributed by atoms with E-state index in [1.165, 1.54) is 0 Å². The molecule has 1 aliphatic rings. The predicted molar refractivity (Wildman–Crippen MR) is 130 cm³/mol. The summed E-state index contributed by atoms with van der Waals surface area (Å²) in [6.07, 6.45) is 1.95. The van der Waals surface area contributed by atoms with Crippen LogP contribution in [0.2, 0.25) is 0 Å². The number of carbonyl (C=O) groups excluding carboxylic acids is 1. The molecule has 5 aromatic rings. The highest BCUT2D eigenvalue weighted by Gasteiger charge is 2.38. The summed E-state index contributed by atoms with van der Waals surface area (Å²) in [7, 11) is 0. The molecule has 5 heterocycles. The molecule has 1 amide bonds. The zero-order valence-corrected chi connectivity index (χ0v) is 19.7. The van der Waals surface area contributed by atoms with Crippen LogP contribution in [0.15, 0.2) is 55.0 Å². The third-order valence-electron chi connectivity index (χ3n) is 7.35. The Morgan fingerprint density at radius 2 is 2.03 bits per heavy atom. The van der Waals surface area contributed by atoms with Crippen molar-refractivity contribution >= 4 is 38.9 Å². The number of aryl methyl sites for hydroxylation is 1. The molecule has 186 valence electrons. The van der Waals surface area contributed by atoms with Crippen molar-refractivity contribution in [3.63, 3.8) is 0 Å². The molecule has 1 aliphatic heterocycles. The van der Waals surface area contributed by atoms with E-state index in [0.717, 1.165) is 32.9 Å². The van der Waals surface area contributed by atoms with Crippen molar-refractivity contribution < 1.29 is 18.0 Å². The second kappa shape index (κ2) is 8.39. The number of benzene rings is 1. The van der Waals surface area contributed by atoms with Gasteiger partial charge in [0, 0.05) is 55.4 Å². The molecule has 1 saturated heterocycles. The normalized spacial score (nSPS) is 19.1. The van der Waals surface area contributed by atoms with Gasteiger partial charge in [-0.25, -0.2) is 9.97 Å². The first-order chi connectivity index (χ1) is 17.3. The average molecular weight is 495 g/mol. The minimum Gasteiger partial charge on any atom is -0.346 e. The molecule has 1 aromatic carbocycles. The lowest BCUT2D eigenvalue weighted by atomic mass is 9.92. The monoisotopic (exact) mass is 494 g/mol. The summed E-state index contributed by atoms with van der Waals surface area (Å²) in [5.41, 5.74) is 2.54. The number of carbonyl (C=O) groups is 1. The van der Waals surface area contributed by atoms with Crippen LogP contribution in [0.4, 0.5) is 13.2 Å². The number of imidazole rings is 1. The number of piperidine rings is 1. The van der Waals surface area contributed by atoms with Crippen molar-refractivity contribution in [2.24, 2.45) is 5.92 Å². The molecule has 0 unspecified atom stereocenters. The predicted octanol–water partition coefficient (Wildman–Crippen LogP) is 5.39. The fourth-order valence-corrected chi connectivity index (χ4v) is 5.45. The molecule has 0 radical (unpaired) electrons. The smallest absolute Gasteiger partial charge is 0.346 e. The molecule has 7 nitrogen and oxygen atoms in total. The number of para-hydroxylation sites is 2. The highest BCUT2D eigenvalue weighted by atomic mass is 19.4. The van der Waals surface area contributed by atoms with Crippen LogP contribution in [-0.2, 0) is 17.5 Å². The van der Waals surface area contributed by atoms with E-state index in [9.17, 15) is 18.0 Å². The molecule has 36 heavy (non-hydrogen) atoms. The van der Waals surface area contributed by atoms with Crippen LogP contribution in [0.5, 0.6) is 0 Å². The van der Waals surface area contributed by atoms with Crippen LogP contribution in [0.1, 0.15) is 31.6 Å². The Balaban J connectivity index is 1.25. The van der Waals surface area contributed by atoms with Gasteiger partial charge >= 0.3 is 6.18 Å². The van der Waals surface area contributed by atoms with E-state index in [1.807, 2.05) is 30.7 Å². The van der Waals surface area contributed by atoms with E-state index in [1.54, 1.807) is 29.2 Å². The summed E-state index contributed by atoms with van der Waals surface area (Å²) in [4.78, 5) is 26.4. The van der Waals surface area contributed by atoms with E-state index in [4.69, 9.17) is 0 Å². The summed E-state index contributed by atoms with van der Waals surface area (Å²) in [5, 5.41) is 2.06. The molecule has 0 saturated carbocycles. The Kier molecular flexibility index (Phi) is 5.27. The van der Waals surface area contributed by atoms with Gasteiger partial charge in [-0.3, -0.25) is 4.79 Å². The van der Waals surface area contributed by atoms with E-state index in [0.29, 0.717) is 24.5 Å². The van der Waals surface area contributed by atoms with Gasteiger partial charge in [0.25, 0.3) is 0 Å². The zero-order valence-electron chi connectivity index (χ0n) is 19.7. The molecular formula is C26H25F3N6O. The van der Waals surface area contributed by atoms with Crippen molar-refractivity contribution in [1.82, 2.24) is 29.0 Å². The van der Waals surface area contributed by atoms with Crippen LogP contribution >= 0.6 is 0 Å². The van der Waals surface area contributed by atoms with Crippen LogP contribution < -0.4 is 0 Å². The zero-order chi connectivity index (χ0) is 25.0. The van der Waals surface area contributed by atoms with Gasteiger partial charge in [0.2, 0.25) is 11.7 Å².